The Morgan fingerprint density at radius 3 is 2.60 bits per heavy atom. The Balaban J connectivity index is 1.55. The number of ether oxygens (including phenoxy) is 1. The molecule has 0 radical (unpaired) electrons. The van der Waals surface area contributed by atoms with E-state index in [-0.39, 0.29) is 0 Å². The number of aryl methyl sites for hydroxylation is 3. The Hall–Kier alpha value is -3.22. The molecule has 0 saturated carbocycles. The van der Waals surface area contributed by atoms with E-state index in [1.165, 1.54) is 0 Å². The van der Waals surface area contributed by atoms with Crippen molar-refractivity contribution in [1.29, 1.82) is 0 Å². The fourth-order valence-electron chi connectivity index (χ4n) is 2.76. The van der Waals surface area contributed by atoms with Gasteiger partial charge in [0.05, 0.1) is 7.11 Å². The summed E-state index contributed by atoms with van der Waals surface area (Å²) in [5, 5.41) is 9.00. The Labute approximate surface area is 144 Å². The third-order valence-electron chi connectivity index (χ3n) is 4.05. The first-order valence-corrected chi connectivity index (χ1v) is 8.08. The summed E-state index contributed by atoms with van der Waals surface area (Å²) in [6.07, 6.45) is 3.27. The molecule has 0 saturated heterocycles. The fourth-order valence-corrected chi connectivity index (χ4v) is 2.76. The summed E-state index contributed by atoms with van der Waals surface area (Å²) in [5.41, 5.74) is 1.74. The highest BCUT2D eigenvalue weighted by Gasteiger charge is 2.12. The molecule has 0 fully saturated rings. The van der Waals surface area contributed by atoms with E-state index in [0.717, 1.165) is 35.1 Å². The van der Waals surface area contributed by atoms with Gasteiger partial charge in [0.2, 0.25) is 0 Å². The van der Waals surface area contributed by atoms with E-state index < -0.39 is 0 Å². The number of rotatable bonds is 5. The number of aromatic nitrogens is 6. The van der Waals surface area contributed by atoms with Crippen LogP contribution in [0.4, 0.5) is 0 Å². The number of hydrogen-bond acceptors (Lipinski definition) is 5. The zero-order valence-electron chi connectivity index (χ0n) is 14.1. The summed E-state index contributed by atoms with van der Waals surface area (Å²) in [6, 6.07) is 13.7. The molecule has 0 spiro atoms. The van der Waals surface area contributed by atoms with Crippen LogP contribution in [0.5, 0.6) is 5.75 Å². The van der Waals surface area contributed by atoms with Crippen molar-refractivity contribution < 1.29 is 4.74 Å². The molecule has 0 aliphatic carbocycles. The minimum absolute atomic E-state index is 0.686. The summed E-state index contributed by atoms with van der Waals surface area (Å²) in [4.78, 5) is 9.21. The van der Waals surface area contributed by atoms with Crippen LogP contribution in [-0.2, 0) is 19.9 Å². The van der Waals surface area contributed by atoms with Crippen LogP contribution in [0.25, 0.3) is 17.0 Å². The van der Waals surface area contributed by atoms with E-state index in [2.05, 4.69) is 20.2 Å². The number of hydrogen-bond donors (Lipinski definition) is 0. The predicted octanol–water partition coefficient (Wildman–Crippen LogP) is 2.32. The first-order chi connectivity index (χ1) is 12.2. The molecule has 0 aliphatic rings. The van der Waals surface area contributed by atoms with Crippen LogP contribution in [0.2, 0.25) is 0 Å². The summed E-state index contributed by atoms with van der Waals surface area (Å²) in [5.74, 6) is 3.12. The highest BCUT2D eigenvalue weighted by molar-refractivity contribution is 5.54. The predicted molar refractivity (Wildman–Crippen MR) is 93.4 cm³/mol. The minimum Gasteiger partial charge on any atom is -0.493 e. The van der Waals surface area contributed by atoms with E-state index in [0.29, 0.717) is 12.2 Å². The third-order valence-corrected chi connectivity index (χ3v) is 4.05. The SMILES string of the molecule is COc1cccn2nc(CCc3nc(-c4ccccc4)nn3C)nc12. The zero-order valence-corrected chi connectivity index (χ0v) is 14.1. The quantitative estimate of drug-likeness (QED) is 0.560. The molecule has 1 aromatic carbocycles. The van der Waals surface area contributed by atoms with E-state index in [9.17, 15) is 0 Å². The molecule has 3 aromatic heterocycles. The summed E-state index contributed by atoms with van der Waals surface area (Å²) < 4.78 is 8.88. The molecule has 0 bridgehead atoms. The molecular weight excluding hydrogens is 316 g/mol. The second kappa shape index (κ2) is 6.35. The summed E-state index contributed by atoms with van der Waals surface area (Å²) in [6.45, 7) is 0. The number of fused-ring (bicyclic) bond motifs is 1. The molecule has 0 atom stereocenters. The van der Waals surface area contributed by atoms with Crippen LogP contribution < -0.4 is 4.74 Å². The Morgan fingerprint density at radius 2 is 1.80 bits per heavy atom. The first-order valence-electron chi connectivity index (χ1n) is 8.08. The lowest BCUT2D eigenvalue weighted by Crippen LogP contribution is -2.02. The maximum Gasteiger partial charge on any atom is 0.198 e. The smallest absolute Gasteiger partial charge is 0.198 e. The van der Waals surface area contributed by atoms with Crippen molar-refractivity contribution in [3.8, 4) is 17.1 Å². The van der Waals surface area contributed by atoms with Gasteiger partial charge in [-0.1, -0.05) is 30.3 Å². The monoisotopic (exact) mass is 334 g/mol. The van der Waals surface area contributed by atoms with Crippen molar-refractivity contribution in [2.24, 2.45) is 7.05 Å². The molecule has 7 heteroatoms. The van der Waals surface area contributed by atoms with Gasteiger partial charge in [-0.2, -0.15) is 10.2 Å². The number of benzene rings is 1. The fraction of sp³-hybridized carbons (Fsp3) is 0.222. The van der Waals surface area contributed by atoms with Crippen LogP contribution >= 0.6 is 0 Å². The van der Waals surface area contributed by atoms with Crippen molar-refractivity contribution in [1.82, 2.24) is 29.4 Å². The molecular formula is C18H18N6O. The molecule has 126 valence electrons. The van der Waals surface area contributed by atoms with Gasteiger partial charge >= 0.3 is 0 Å². The van der Waals surface area contributed by atoms with Gasteiger partial charge in [0, 0.05) is 31.6 Å². The molecule has 7 nitrogen and oxygen atoms in total. The molecule has 3 heterocycles. The van der Waals surface area contributed by atoms with Gasteiger partial charge in [-0.15, -0.1) is 0 Å². The molecule has 4 aromatic rings. The molecule has 0 aliphatic heterocycles. The van der Waals surface area contributed by atoms with Gasteiger partial charge in [-0.3, -0.25) is 4.68 Å². The van der Waals surface area contributed by atoms with Crippen molar-refractivity contribution >= 4 is 5.65 Å². The van der Waals surface area contributed by atoms with Gasteiger partial charge in [-0.05, 0) is 12.1 Å². The summed E-state index contributed by atoms with van der Waals surface area (Å²) in [7, 11) is 3.54. The van der Waals surface area contributed by atoms with E-state index in [1.54, 1.807) is 11.6 Å². The van der Waals surface area contributed by atoms with E-state index in [1.807, 2.05) is 60.4 Å². The Morgan fingerprint density at radius 1 is 0.960 bits per heavy atom. The standard InChI is InChI=1S/C18H18N6O/c1-23-16(20-17(22-23)13-7-4-3-5-8-13)11-10-15-19-18-14(25-2)9-6-12-24(18)21-15/h3-9,12H,10-11H2,1-2H3. The Kier molecular flexibility index (Phi) is 3.89. The number of methoxy groups -OCH3 is 1. The summed E-state index contributed by atoms with van der Waals surface area (Å²) >= 11 is 0. The Bertz CT molecular complexity index is 1010. The average molecular weight is 334 g/mol. The van der Waals surface area contributed by atoms with E-state index in [4.69, 9.17) is 4.74 Å². The lowest BCUT2D eigenvalue weighted by molar-refractivity contribution is 0.416. The third kappa shape index (κ3) is 2.96. The maximum absolute atomic E-state index is 5.33. The molecule has 4 rings (SSSR count). The van der Waals surface area contributed by atoms with Gasteiger partial charge in [0.15, 0.2) is 23.0 Å². The topological polar surface area (TPSA) is 70.1 Å². The highest BCUT2D eigenvalue weighted by atomic mass is 16.5. The van der Waals surface area contributed by atoms with Gasteiger partial charge < -0.3 is 4.74 Å². The lowest BCUT2D eigenvalue weighted by Gasteiger charge is -1.98. The van der Waals surface area contributed by atoms with Gasteiger partial charge in [0.25, 0.3) is 0 Å². The first kappa shape index (κ1) is 15.3. The molecule has 0 N–H and O–H groups in total. The molecule has 0 amide bonds. The van der Waals surface area contributed by atoms with Crippen molar-refractivity contribution in [2.75, 3.05) is 7.11 Å². The van der Waals surface area contributed by atoms with Crippen molar-refractivity contribution in [3.63, 3.8) is 0 Å². The molecule has 25 heavy (non-hydrogen) atoms. The largest absolute Gasteiger partial charge is 0.493 e. The maximum atomic E-state index is 5.33. The lowest BCUT2D eigenvalue weighted by atomic mass is 10.2. The van der Waals surface area contributed by atoms with Crippen LogP contribution in [0, 0.1) is 0 Å². The highest BCUT2D eigenvalue weighted by Crippen LogP contribution is 2.18. The average Bonchev–Trinajstić information content (AvgIpc) is 3.23. The van der Waals surface area contributed by atoms with Crippen LogP contribution in [0.15, 0.2) is 48.7 Å². The normalized spacial score (nSPS) is 11.1. The number of pyridine rings is 1. The zero-order chi connectivity index (χ0) is 17.2. The van der Waals surface area contributed by atoms with Gasteiger partial charge in [0.1, 0.15) is 5.82 Å². The van der Waals surface area contributed by atoms with Crippen molar-refractivity contribution in [3.05, 3.63) is 60.3 Å². The minimum atomic E-state index is 0.686. The second-order valence-corrected chi connectivity index (χ2v) is 5.71. The van der Waals surface area contributed by atoms with Crippen LogP contribution in [0.1, 0.15) is 11.6 Å². The van der Waals surface area contributed by atoms with Crippen molar-refractivity contribution in [2.45, 2.75) is 12.8 Å². The number of nitrogens with zero attached hydrogens (tertiary/aromatic N) is 6. The van der Waals surface area contributed by atoms with Gasteiger partial charge in [-0.25, -0.2) is 14.5 Å². The van der Waals surface area contributed by atoms with Crippen LogP contribution in [0.3, 0.4) is 0 Å². The van der Waals surface area contributed by atoms with Crippen LogP contribution in [-0.4, -0.2) is 36.5 Å². The second-order valence-electron chi connectivity index (χ2n) is 5.71. The molecule has 0 unspecified atom stereocenters. The van der Waals surface area contributed by atoms with E-state index >= 15 is 0 Å².